The summed E-state index contributed by atoms with van der Waals surface area (Å²) in [6.07, 6.45) is 1.37. The summed E-state index contributed by atoms with van der Waals surface area (Å²) in [4.78, 5) is 12.5. The van der Waals surface area contributed by atoms with Crippen LogP contribution in [-0.2, 0) is 5.41 Å². The lowest BCUT2D eigenvalue weighted by Crippen LogP contribution is -2.32. The third-order valence-corrected chi connectivity index (χ3v) is 3.76. The summed E-state index contributed by atoms with van der Waals surface area (Å²) in [6.45, 7) is 5.59. The van der Waals surface area contributed by atoms with Gasteiger partial charge >= 0.3 is 0 Å². The molecule has 0 spiro atoms. The molecule has 0 amide bonds. The summed E-state index contributed by atoms with van der Waals surface area (Å²) in [5.41, 5.74) is -0.0503. The van der Waals surface area contributed by atoms with Crippen molar-refractivity contribution < 1.29 is 5.11 Å². The molecule has 0 aliphatic heterocycles. The average Bonchev–Trinajstić information content (AvgIpc) is 2.42. The molecule has 0 aliphatic rings. The van der Waals surface area contributed by atoms with Crippen molar-refractivity contribution in [3.63, 3.8) is 0 Å². The first-order valence-electron chi connectivity index (χ1n) is 6.56. The van der Waals surface area contributed by atoms with E-state index < -0.39 is 11.0 Å². The van der Waals surface area contributed by atoms with E-state index in [0.717, 1.165) is 4.68 Å². The summed E-state index contributed by atoms with van der Waals surface area (Å²) in [5, 5.41) is 20.4. The Bertz CT molecular complexity index is 874. The molecule has 0 bridgehead atoms. The van der Waals surface area contributed by atoms with Crippen molar-refractivity contribution in [2.75, 3.05) is 0 Å². The molecule has 1 aromatic heterocycles. The van der Waals surface area contributed by atoms with Crippen molar-refractivity contribution in [2.45, 2.75) is 26.2 Å². The van der Waals surface area contributed by atoms with E-state index in [9.17, 15) is 9.90 Å². The topological polar surface area (TPSA) is 83.3 Å². The maximum absolute atomic E-state index is 12.5. The molecule has 2 rings (SSSR count). The number of halogens is 2. The molecule has 23 heavy (non-hydrogen) atoms. The van der Waals surface area contributed by atoms with E-state index in [1.807, 2.05) is 20.8 Å². The van der Waals surface area contributed by atoms with Crippen LogP contribution in [0.1, 0.15) is 32.0 Å². The second-order valence-electron chi connectivity index (χ2n) is 5.82. The molecular formula is C14H14Cl2N4O2S. The highest BCUT2D eigenvalue weighted by Crippen LogP contribution is 2.32. The number of phenolic OH excluding ortho intramolecular Hbond substituents is 1. The maximum atomic E-state index is 12.5. The smallest absolute Gasteiger partial charge is 0.297 e. The van der Waals surface area contributed by atoms with Crippen LogP contribution in [0.25, 0.3) is 0 Å². The number of H-pyrrole nitrogens is 1. The molecule has 2 aromatic rings. The minimum absolute atomic E-state index is 0.0650. The van der Waals surface area contributed by atoms with Crippen LogP contribution in [0.5, 0.6) is 5.75 Å². The fourth-order valence-corrected chi connectivity index (χ4v) is 2.45. The first-order chi connectivity index (χ1) is 10.6. The van der Waals surface area contributed by atoms with Gasteiger partial charge in [-0.25, -0.2) is 0 Å². The summed E-state index contributed by atoms with van der Waals surface area (Å²) < 4.78 is 1.10. The van der Waals surface area contributed by atoms with Crippen molar-refractivity contribution in [1.29, 1.82) is 0 Å². The molecule has 2 N–H and O–H groups in total. The van der Waals surface area contributed by atoms with Crippen LogP contribution in [0.15, 0.2) is 22.0 Å². The van der Waals surface area contributed by atoms with E-state index in [0.29, 0.717) is 11.3 Å². The normalized spacial score (nSPS) is 12.0. The van der Waals surface area contributed by atoms with Gasteiger partial charge in [-0.3, -0.25) is 9.89 Å². The number of aromatic hydroxyl groups is 1. The molecule has 1 heterocycles. The Morgan fingerprint density at radius 1 is 1.35 bits per heavy atom. The maximum Gasteiger partial charge on any atom is 0.297 e. The second-order valence-corrected chi connectivity index (χ2v) is 7.02. The standard InChI is InChI=1S/C14H14Cl2N4O2S/c1-14(2,3)11-12(22)20(13(23)19-18-11)17-6-7-4-8(15)10(21)9(16)5-7/h4-6,21H,1-3H3,(H,19,23)/b17-6-. The van der Waals surface area contributed by atoms with Crippen LogP contribution in [0.2, 0.25) is 10.0 Å². The Morgan fingerprint density at radius 3 is 2.43 bits per heavy atom. The van der Waals surface area contributed by atoms with Crippen LogP contribution in [0, 0.1) is 4.77 Å². The van der Waals surface area contributed by atoms with Crippen molar-refractivity contribution in [1.82, 2.24) is 14.9 Å². The monoisotopic (exact) mass is 372 g/mol. The van der Waals surface area contributed by atoms with E-state index in [-0.39, 0.29) is 20.6 Å². The van der Waals surface area contributed by atoms with E-state index in [4.69, 9.17) is 35.4 Å². The van der Waals surface area contributed by atoms with Gasteiger partial charge in [-0.1, -0.05) is 44.0 Å². The van der Waals surface area contributed by atoms with Crippen LogP contribution < -0.4 is 5.56 Å². The van der Waals surface area contributed by atoms with Crippen molar-refractivity contribution in [3.05, 3.63) is 48.6 Å². The minimum atomic E-state index is -0.459. The Balaban J connectivity index is 2.53. The zero-order chi connectivity index (χ0) is 17.4. The lowest BCUT2D eigenvalue weighted by Gasteiger charge is -2.16. The Morgan fingerprint density at radius 2 is 1.91 bits per heavy atom. The molecule has 0 radical (unpaired) electrons. The van der Waals surface area contributed by atoms with Crippen LogP contribution >= 0.6 is 35.4 Å². The zero-order valence-electron chi connectivity index (χ0n) is 12.6. The van der Waals surface area contributed by atoms with Crippen LogP contribution in [-0.4, -0.2) is 26.2 Å². The molecule has 122 valence electrons. The van der Waals surface area contributed by atoms with Crippen molar-refractivity contribution >= 4 is 41.6 Å². The Labute approximate surface area is 147 Å². The molecule has 0 atom stereocenters. The SMILES string of the molecule is CC(C)(C)c1n[nH]c(=S)n(/N=C\c2cc(Cl)c(O)c(Cl)c2)c1=O. The predicted molar refractivity (Wildman–Crippen MR) is 93.5 cm³/mol. The largest absolute Gasteiger partial charge is 0.505 e. The quantitative estimate of drug-likeness (QED) is 0.624. The Kier molecular flexibility index (Phi) is 4.93. The molecule has 0 aliphatic carbocycles. The van der Waals surface area contributed by atoms with Gasteiger partial charge < -0.3 is 5.11 Å². The predicted octanol–water partition coefficient (Wildman–Crippen LogP) is 3.49. The fourth-order valence-electron chi connectivity index (χ4n) is 1.77. The molecule has 1 aromatic carbocycles. The average molecular weight is 373 g/mol. The van der Waals surface area contributed by atoms with Gasteiger partial charge in [-0.2, -0.15) is 14.9 Å². The number of aromatic nitrogens is 3. The number of benzene rings is 1. The molecule has 0 fully saturated rings. The van der Waals surface area contributed by atoms with E-state index in [1.54, 1.807) is 0 Å². The number of hydrogen-bond donors (Lipinski definition) is 2. The number of rotatable bonds is 2. The van der Waals surface area contributed by atoms with Crippen molar-refractivity contribution in [3.8, 4) is 5.75 Å². The third kappa shape index (κ3) is 3.80. The minimum Gasteiger partial charge on any atom is -0.505 e. The van der Waals surface area contributed by atoms with Gasteiger partial charge in [0.1, 0.15) is 5.69 Å². The third-order valence-electron chi connectivity index (χ3n) is 2.92. The highest BCUT2D eigenvalue weighted by Gasteiger charge is 2.21. The second kappa shape index (κ2) is 6.43. The van der Waals surface area contributed by atoms with Crippen LogP contribution in [0.4, 0.5) is 0 Å². The lowest BCUT2D eigenvalue weighted by atomic mass is 9.93. The number of aromatic amines is 1. The summed E-state index contributed by atoms with van der Waals surface area (Å²) in [6, 6.07) is 2.94. The van der Waals surface area contributed by atoms with Gasteiger partial charge in [0, 0.05) is 5.41 Å². The van der Waals surface area contributed by atoms with Gasteiger partial charge in [-0.15, -0.1) is 0 Å². The lowest BCUT2D eigenvalue weighted by molar-refractivity contribution is 0.476. The van der Waals surface area contributed by atoms with Crippen LogP contribution in [0.3, 0.4) is 0 Å². The molecule has 0 saturated carbocycles. The molecule has 0 saturated heterocycles. The molecule has 9 heteroatoms. The molecule has 6 nitrogen and oxygen atoms in total. The number of hydrogen-bond acceptors (Lipinski definition) is 5. The number of nitrogens with one attached hydrogen (secondary N) is 1. The van der Waals surface area contributed by atoms with E-state index >= 15 is 0 Å². The Hall–Kier alpha value is -1.70. The number of phenols is 1. The zero-order valence-corrected chi connectivity index (χ0v) is 14.9. The molecule has 0 unspecified atom stereocenters. The first kappa shape index (κ1) is 17.7. The van der Waals surface area contributed by atoms with Crippen molar-refractivity contribution in [2.24, 2.45) is 5.10 Å². The van der Waals surface area contributed by atoms with Gasteiger partial charge in [-0.05, 0) is 29.9 Å². The highest BCUT2D eigenvalue weighted by atomic mass is 35.5. The summed E-state index contributed by atoms with van der Waals surface area (Å²) in [7, 11) is 0. The first-order valence-corrected chi connectivity index (χ1v) is 7.72. The van der Waals surface area contributed by atoms with Gasteiger partial charge in [0.15, 0.2) is 5.75 Å². The van der Waals surface area contributed by atoms with E-state index in [1.165, 1.54) is 18.3 Å². The van der Waals surface area contributed by atoms with Gasteiger partial charge in [0.25, 0.3) is 5.56 Å². The summed E-state index contributed by atoms with van der Waals surface area (Å²) in [5.74, 6) is -0.209. The van der Waals surface area contributed by atoms with Gasteiger partial charge in [0.05, 0.1) is 16.3 Å². The number of nitrogens with zero attached hydrogens (tertiary/aromatic N) is 3. The van der Waals surface area contributed by atoms with E-state index in [2.05, 4.69) is 15.3 Å². The van der Waals surface area contributed by atoms with Gasteiger partial charge in [0.2, 0.25) is 4.77 Å². The highest BCUT2D eigenvalue weighted by molar-refractivity contribution is 7.71. The molecular weight excluding hydrogens is 359 g/mol. The fraction of sp³-hybridized carbons (Fsp3) is 0.286. The summed E-state index contributed by atoms with van der Waals surface area (Å²) >= 11 is 16.7.